The van der Waals surface area contributed by atoms with Gasteiger partial charge in [-0.2, -0.15) is 4.57 Å². The van der Waals surface area contributed by atoms with Crippen molar-refractivity contribution < 1.29 is 22.2 Å². The van der Waals surface area contributed by atoms with E-state index in [0.717, 1.165) is 0 Å². The second kappa shape index (κ2) is 8.99. The number of hydrogen-bond donors (Lipinski definition) is 0. The van der Waals surface area contributed by atoms with Crippen molar-refractivity contribution in [2.75, 3.05) is 0 Å². The minimum absolute atomic E-state index is 0. The lowest BCUT2D eigenvalue weighted by Gasteiger charge is -1.79. The highest BCUT2D eigenvalue weighted by molar-refractivity contribution is 7.09. The molecule has 1 aromatic heterocycles. The number of rotatable bonds is 0. The summed E-state index contributed by atoms with van der Waals surface area (Å²) in [6, 6.07) is 0. The summed E-state index contributed by atoms with van der Waals surface area (Å²) >= 11 is 1.79. The van der Waals surface area contributed by atoms with Gasteiger partial charge in [-0.05, 0) is 6.92 Å². The normalized spacial score (nSPS) is 7.57. The number of aromatic nitrogens is 1. The van der Waals surface area contributed by atoms with Crippen molar-refractivity contribution in [3.8, 4) is 0 Å². The van der Waals surface area contributed by atoms with Gasteiger partial charge in [0.1, 0.15) is 7.05 Å². The lowest BCUT2D eigenvalue weighted by molar-refractivity contribution is -0.672. The third-order valence-corrected chi connectivity index (χ3v) is 2.50. The molecule has 0 aliphatic heterocycles. The SMILES string of the molecule is C.Cc1sc[n+](C)c1C.FB(F)F.[F-]. The molecular formula is C7H14BF4NS. The summed E-state index contributed by atoms with van der Waals surface area (Å²) < 4.78 is 31.1. The molecule has 0 aliphatic rings. The van der Waals surface area contributed by atoms with E-state index in [1.807, 2.05) is 0 Å². The molecule has 1 rings (SSSR count). The van der Waals surface area contributed by atoms with Crippen LogP contribution in [0.1, 0.15) is 18.0 Å². The lowest BCUT2D eigenvalue weighted by atomic mass is 10.4. The van der Waals surface area contributed by atoms with Crippen molar-refractivity contribution in [2.24, 2.45) is 7.05 Å². The fourth-order valence-electron chi connectivity index (χ4n) is 0.571. The molecular weight excluding hydrogens is 217 g/mol. The Balaban J connectivity index is -0.000000180. The van der Waals surface area contributed by atoms with Gasteiger partial charge in [0, 0.05) is 6.92 Å². The Morgan fingerprint density at radius 3 is 1.71 bits per heavy atom. The fraction of sp³-hybridized carbons (Fsp3) is 0.571. The quantitative estimate of drug-likeness (QED) is 0.328. The molecule has 0 radical (unpaired) electrons. The standard InChI is InChI=1S/C6H10NS.CH4.BF3.FH/c1-5-6(2)8-4-7(5)3;;2-1(3)4;/h4H,1-3H3;1H4;;1H/q+1;;;/p-1. The van der Waals surface area contributed by atoms with Gasteiger partial charge in [-0.25, -0.2) is 0 Å². The molecule has 84 valence electrons. The van der Waals surface area contributed by atoms with Crippen molar-refractivity contribution in [3.63, 3.8) is 0 Å². The van der Waals surface area contributed by atoms with E-state index in [4.69, 9.17) is 0 Å². The summed E-state index contributed by atoms with van der Waals surface area (Å²) in [5.41, 5.74) is 3.49. The molecule has 7 heteroatoms. The Kier molecular flexibility index (Phi) is 12.2. The van der Waals surface area contributed by atoms with Crippen LogP contribution in [0.2, 0.25) is 0 Å². The zero-order valence-electron chi connectivity index (χ0n) is 7.52. The van der Waals surface area contributed by atoms with Crippen LogP contribution in [-0.4, -0.2) is 7.54 Å². The molecule has 0 bridgehead atoms. The molecule has 14 heavy (non-hydrogen) atoms. The van der Waals surface area contributed by atoms with E-state index in [1.54, 1.807) is 11.3 Å². The zero-order chi connectivity index (χ0) is 9.72. The smallest absolute Gasteiger partial charge is 0.762 e. The Morgan fingerprint density at radius 2 is 1.64 bits per heavy atom. The first-order chi connectivity index (χ1) is 5.45. The van der Waals surface area contributed by atoms with E-state index < -0.39 is 7.54 Å². The number of aryl methyl sites for hydroxylation is 2. The van der Waals surface area contributed by atoms with Crippen LogP contribution in [0.4, 0.5) is 12.9 Å². The summed E-state index contributed by atoms with van der Waals surface area (Å²) in [5.74, 6) is 0. The number of hydrogen-bond acceptors (Lipinski definition) is 1. The highest BCUT2D eigenvalue weighted by Crippen LogP contribution is 2.05. The van der Waals surface area contributed by atoms with Crippen LogP contribution in [0, 0.1) is 13.8 Å². The molecule has 0 N–H and O–H groups in total. The number of thiazole rings is 1. The van der Waals surface area contributed by atoms with Gasteiger partial charge < -0.3 is 4.70 Å². The first kappa shape index (κ1) is 19.1. The molecule has 1 nitrogen and oxygen atoms in total. The van der Waals surface area contributed by atoms with Crippen molar-refractivity contribution >= 4 is 18.9 Å². The van der Waals surface area contributed by atoms with E-state index >= 15 is 0 Å². The molecule has 0 unspecified atom stereocenters. The molecule has 0 saturated carbocycles. The van der Waals surface area contributed by atoms with E-state index in [-0.39, 0.29) is 12.1 Å². The molecule has 1 aromatic rings. The Morgan fingerprint density at radius 1 is 1.29 bits per heavy atom. The molecule has 1 heterocycles. The molecule has 0 spiro atoms. The van der Waals surface area contributed by atoms with Crippen LogP contribution in [0.15, 0.2) is 5.51 Å². The molecule has 0 amide bonds. The highest BCUT2D eigenvalue weighted by Gasteiger charge is 2.06. The first-order valence-corrected chi connectivity index (χ1v) is 4.15. The lowest BCUT2D eigenvalue weighted by Crippen LogP contribution is -3.00. The van der Waals surface area contributed by atoms with Gasteiger partial charge in [0.05, 0.1) is 4.88 Å². The van der Waals surface area contributed by atoms with Crippen molar-refractivity contribution in [1.82, 2.24) is 0 Å². The second-order valence-corrected chi connectivity index (χ2v) is 3.28. The third kappa shape index (κ3) is 8.03. The molecule has 0 saturated heterocycles. The van der Waals surface area contributed by atoms with Gasteiger partial charge in [0.15, 0.2) is 5.69 Å². The topological polar surface area (TPSA) is 3.88 Å². The van der Waals surface area contributed by atoms with Crippen LogP contribution in [-0.2, 0) is 7.05 Å². The summed E-state index contributed by atoms with van der Waals surface area (Å²) in [4.78, 5) is 1.41. The average molecular weight is 231 g/mol. The van der Waals surface area contributed by atoms with Crippen LogP contribution in [0.3, 0.4) is 0 Å². The molecule has 0 aliphatic carbocycles. The summed E-state index contributed by atoms with van der Waals surface area (Å²) in [6.45, 7) is 4.27. The fourth-order valence-corrected chi connectivity index (χ4v) is 1.36. The van der Waals surface area contributed by atoms with Gasteiger partial charge >= 0.3 is 7.54 Å². The number of nitrogens with zero attached hydrogens (tertiary/aromatic N) is 1. The average Bonchev–Trinajstić information content (AvgIpc) is 2.19. The van der Waals surface area contributed by atoms with E-state index in [1.165, 1.54) is 10.6 Å². The summed E-state index contributed by atoms with van der Waals surface area (Å²) in [5, 5.41) is 0. The number of halogens is 4. The van der Waals surface area contributed by atoms with Crippen molar-refractivity contribution in [1.29, 1.82) is 0 Å². The van der Waals surface area contributed by atoms with Gasteiger partial charge in [0.25, 0.3) is 0 Å². The van der Waals surface area contributed by atoms with Crippen LogP contribution >= 0.6 is 11.3 Å². The molecule has 0 atom stereocenters. The van der Waals surface area contributed by atoms with Crippen LogP contribution < -0.4 is 9.27 Å². The van der Waals surface area contributed by atoms with Crippen molar-refractivity contribution in [2.45, 2.75) is 21.3 Å². The maximum Gasteiger partial charge on any atom is 0.762 e. The minimum Gasteiger partial charge on any atom is -1.00 e. The Bertz CT molecular complexity index is 219. The van der Waals surface area contributed by atoms with E-state index in [0.29, 0.717) is 0 Å². The molecule has 0 fully saturated rings. The maximum atomic E-state index is 9.67. The predicted octanol–water partition coefficient (Wildman–Crippen LogP) is -0.291. The highest BCUT2D eigenvalue weighted by atomic mass is 32.1. The second-order valence-electron chi connectivity index (χ2n) is 2.22. The zero-order valence-corrected chi connectivity index (χ0v) is 8.34. The van der Waals surface area contributed by atoms with Crippen LogP contribution in [0.5, 0.6) is 0 Å². The monoisotopic (exact) mass is 231 g/mol. The summed E-state index contributed by atoms with van der Waals surface area (Å²) in [7, 11) is -1.60. The Labute approximate surface area is 86.2 Å². The minimum atomic E-state index is -3.67. The Hall–Kier alpha value is -0.585. The van der Waals surface area contributed by atoms with Gasteiger partial charge in [0.2, 0.25) is 5.51 Å². The van der Waals surface area contributed by atoms with Crippen LogP contribution in [0.25, 0.3) is 0 Å². The largest absolute Gasteiger partial charge is 1.00 e. The van der Waals surface area contributed by atoms with E-state index in [2.05, 4.69) is 31.0 Å². The van der Waals surface area contributed by atoms with Gasteiger partial charge in [-0.3, -0.25) is 12.9 Å². The third-order valence-electron chi connectivity index (χ3n) is 1.43. The molecule has 0 aromatic carbocycles. The van der Waals surface area contributed by atoms with E-state index in [9.17, 15) is 12.9 Å². The first-order valence-electron chi connectivity index (χ1n) is 3.27. The van der Waals surface area contributed by atoms with Crippen molar-refractivity contribution in [3.05, 3.63) is 16.1 Å². The summed E-state index contributed by atoms with van der Waals surface area (Å²) in [6.07, 6.45) is 0. The van der Waals surface area contributed by atoms with Gasteiger partial charge in [-0.1, -0.05) is 18.8 Å². The van der Waals surface area contributed by atoms with Gasteiger partial charge in [-0.15, -0.1) is 0 Å². The predicted molar refractivity (Wildman–Crippen MR) is 50.8 cm³/mol. The maximum absolute atomic E-state index is 9.67.